The van der Waals surface area contributed by atoms with Crippen molar-refractivity contribution >= 4 is 46.5 Å². The Morgan fingerprint density at radius 2 is 1.92 bits per heavy atom. The van der Waals surface area contributed by atoms with E-state index in [1.54, 1.807) is 18.2 Å². The van der Waals surface area contributed by atoms with Gasteiger partial charge in [-0.15, -0.1) is 0 Å². The second-order valence-electron chi connectivity index (χ2n) is 4.56. The van der Waals surface area contributed by atoms with Gasteiger partial charge in [-0.1, -0.05) is 29.3 Å². The number of hydrogen-bond acceptors (Lipinski definition) is 5. The fraction of sp³-hybridized carbons (Fsp3) is 0.0667. The van der Waals surface area contributed by atoms with E-state index in [-0.39, 0.29) is 10.6 Å². The molecule has 0 unspecified atom stereocenters. The number of rotatable bonds is 5. The van der Waals surface area contributed by atoms with Crippen LogP contribution in [0.2, 0.25) is 10.0 Å². The van der Waals surface area contributed by atoms with Crippen LogP contribution in [0.4, 0.5) is 11.4 Å². The molecule has 0 aromatic heterocycles. The summed E-state index contributed by atoms with van der Waals surface area (Å²) in [6.07, 6.45) is 0. The van der Waals surface area contributed by atoms with E-state index in [0.717, 1.165) is 6.07 Å². The fourth-order valence-corrected chi connectivity index (χ4v) is 2.13. The number of anilines is 1. The molecule has 0 heterocycles. The largest absolute Gasteiger partial charge is 0.452 e. The van der Waals surface area contributed by atoms with Gasteiger partial charge in [-0.2, -0.15) is 0 Å². The number of nitro benzene ring substituents is 1. The van der Waals surface area contributed by atoms with Crippen LogP contribution < -0.4 is 5.32 Å². The van der Waals surface area contributed by atoms with Gasteiger partial charge in [0, 0.05) is 16.8 Å². The number of nitrogens with zero attached hydrogens (tertiary/aromatic N) is 1. The first-order chi connectivity index (χ1) is 11.4. The Balaban J connectivity index is 1.96. The van der Waals surface area contributed by atoms with Gasteiger partial charge in [0.1, 0.15) is 5.02 Å². The van der Waals surface area contributed by atoms with Crippen LogP contribution in [0.25, 0.3) is 0 Å². The second-order valence-corrected chi connectivity index (χ2v) is 5.40. The molecule has 0 saturated heterocycles. The Kier molecular flexibility index (Phi) is 5.73. The average Bonchev–Trinajstić information content (AvgIpc) is 2.52. The maximum atomic E-state index is 11.9. The molecule has 124 valence electrons. The van der Waals surface area contributed by atoms with Gasteiger partial charge in [0.15, 0.2) is 6.61 Å². The number of nitrogens with one attached hydrogen (secondary N) is 1. The zero-order valence-electron chi connectivity index (χ0n) is 12.0. The van der Waals surface area contributed by atoms with E-state index in [9.17, 15) is 19.7 Å². The Morgan fingerprint density at radius 1 is 1.17 bits per heavy atom. The average molecular weight is 369 g/mol. The summed E-state index contributed by atoms with van der Waals surface area (Å²) in [4.78, 5) is 33.7. The van der Waals surface area contributed by atoms with Crippen molar-refractivity contribution in [1.29, 1.82) is 0 Å². The molecule has 9 heteroatoms. The van der Waals surface area contributed by atoms with E-state index in [4.69, 9.17) is 27.9 Å². The highest BCUT2D eigenvalue weighted by Crippen LogP contribution is 2.25. The SMILES string of the molecule is O=C(COC(=O)c1ccc(Cl)c([N+](=O)[O-])c1)Nc1cccc(Cl)c1. The van der Waals surface area contributed by atoms with Gasteiger partial charge >= 0.3 is 5.97 Å². The third-order valence-electron chi connectivity index (χ3n) is 2.82. The summed E-state index contributed by atoms with van der Waals surface area (Å²) in [6, 6.07) is 9.91. The van der Waals surface area contributed by atoms with Crippen LogP contribution in [-0.2, 0) is 9.53 Å². The number of carbonyl (C=O) groups excluding carboxylic acids is 2. The monoisotopic (exact) mass is 368 g/mol. The van der Waals surface area contributed by atoms with Gasteiger partial charge in [-0.3, -0.25) is 14.9 Å². The molecule has 1 amide bonds. The lowest BCUT2D eigenvalue weighted by Gasteiger charge is -2.07. The molecule has 24 heavy (non-hydrogen) atoms. The number of ether oxygens (including phenoxy) is 1. The van der Waals surface area contributed by atoms with Crippen LogP contribution in [0.1, 0.15) is 10.4 Å². The maximum absolute atomic E-state index is 11.9. The number of hydrogen-bond donors (Lipinski definition) is 1. The number of carbonyl (C=O) groups is 2. The molecule has 7 nitrogen and oxygen atoms in total. The normalized spacial score (nSPS) is 10.1. The van der Waals surface area contributed by atoms with E-state index >= 15 is 0 Å². The molecule has 2 aromatic carbocycles. The molecule has 2 aromatic rings. The van der Waals surface area contributed by atoms with Crippen LogP contribution in [0.5, 0.6) is 0 Å². The molecule has 0 spiro atoms. The van der Waals surface area contributed by atoms with Crippen molar-refractivity contribution < 1.29 is 19.2 Å². The van der Waals surface area contributed by atoms with Crippen LogP contribution >= 0.6 is 23.2 Å². The molecular weight excluding hydrogens is 359 g/mol. The van der Waals surface area contributed by atoms with Gasteiger partial charge in [0.25, 0.3) is 11.6 Å². The number of nitro groups is 1. The van der Waals surface area contributed by atoms with Gasteiger partial charge in [-0.05, 0) is 30.3 Å². The topological polar surface area (TPSA) is 98.5 Å². The highest BCUT2D eigenvalue weighted by molar-refractivity contribution is 6.32. The predicted octanol–water partition coefficient (Wildman–Crippen LogP) is 3.70. The summed E-state index contributed by atoms with van der Waals surface area (Å²) in [6.45, 7) is -0.554. The smallest absolute Gasteiger partial charge is 0.338 e. The van der Waals surface area contributed by atoms with Gasteiger partial charge < -0.3 is 10.1 Å². The number of esters is 1. The summed E-state index contributed by atoms with van der Waals surface area (Å²) in [5.74, 6) is -1.45. The quantitative estimate of drug-likeness (QED) is 0.492. The lowest BCUT2D eigenvalue weighted by atomic mass is 10.2. The van der Waals surface area contributed by atoms with E-state index < -0.39 is 29.1 Å². The van der Waals surface area contributed by atoms with Gasteiger partial charge in [0.05, 0.1) is 10.5 Å². The lowest BCUT2D eigenvalue weighted by molar-refractivity contribution is -0.384. The summed E-state index contributed by atoms with van der Waals surface area (Å²) in [5, 5.41) is 13.6. The van der Waals surface area contributed by atoms with Crippen molar-refractivity contribution in [3.63, 3.8) is 0 Å². The molecule has 1 N–H and O–H groups in total. The molecule has 0 atom stereocenters. The van der Waals surface area contributed by atoms with E-state index in [1.165, 1.54) is 18.2 Å². The molecule has 2 rings (SSSR count). The third kappa shape index (κ3) is 4.68. The summed E-state index contributed by atoms with van der Waals surface area (Å²) < 4.78 is 4.82. The molecule has 0 radical (unpaired) electrons. The minimum Gasteiger partial charge on any atom is -0.452 e. The Hall–Kier alpha value is -2.64. The van der Waals surface area contributed by atoms with Gasteiger partial charge in [-0.25, -0.2) is 4.79 Å². The number of benzene rings is 2. The minimum absolute atomic E-state index is 0.0818. The van der Waals surface area contributed by atoms with Crippen molar-refractivity contribution in [3.8, 4) is 0 Å². The molecule has 0 aliphatic heterocycles. The standard InChI is InChI=1S/C15H10Cl2N2O5/c16-10-2-1-3-11(7-10)18-14(20)8-24-15(21)9-4-5-12(17)13(6-9)19(22)23/h1-7H,8H2,(H,18,20). The van der Waals surface area contributed by atoms with Crippen LogP contribution in [0.15, 0.2) is 42.5 Å². The molecule has 0 aliphatic rings. The molecular formula is C15H10Cl2N2O5. The Morgan fingerprint density at radius 3 is 2.58 bits per heavy atom. The first-order valence-electron chi connectivity index (χ1n) is 6.53. The number of halogens is 2. The van der Waals surface area contributed by atoms with Crippen LogP contribution in [-0.4, -0.2) is 23.4 Å². The minimum atomic E-state index is -0.879. The zero-order valence-corrected chi connectivity index (χ0v) is 13.5. The van der Waals surface area contributed by atoms with Crippen molar-refractivity contribution in [2.75, 3.05) is 11.9 Å². The first kappa shape index (κ1) is 17.7. The highest BCUT2D eigenvalue weighted by Gasteiger charge is 2.18. The van der Waals surface area contributed by atoms with Crippen LogP contribution in [0.3, 0.4) is 0 Å². The molecule has 0 saturated carbocycles. The summed E-state index contributed by atoms with van der Waals surface area (Å²) >= 11 is 11.4. The summed E-state index contributed by atoms with van der Waals surface area (Å²) in [7, 11) is 0. The van der Waals surface area contributed by atoms with E-state index in [1.807, 2.05) is 0 Å². The third-order valence-corrected chi connectivity index (χ3v) is 3.38. The number of amides is 1. The first-order valence-corrected chi connectivity index (χ1v) is 7.29. The van der Waals surface area contributed by atoms with Crippen molar-refractivity contribution in [1.82, 2.24) is 0 Å². The Bertz CT molecular complexity index is 810. The van der Waals surface area contributed by atoms with E-state index in [0.29, 0.717) is 10.7 Å². The zero-order chi connectivity index (χ0) is 17.7. The van der Waals surface area contributed by atoms with Gasteiger partial charge in [0.2, 0.25) is 0 Å². The molecule has 0 aliphatic carbocycles. The van der Waals surface area contributed by atoms with Crippen molar-refractivity contribution in [2.45, 2.75) is 0 Å². The highest BCUT2D eigenvalue weighted by atomic mass is 35.5. The van der Waals surface area contributed by atoms with Crippen LogP contribution in [0, 0.1) is 10.1 Å². The van der Waals surface area contributed by atoms with Crippen molar-refractivity contribution in [2.24, 2.45) is 0 Å². The predicted molar refractivity (Wildman–Crippen MR) is 88.5 cm³/mol. The van der Waals surface area contributed by atoms with Crippen molar-refractivity contribution in [3.05, 3.63) is 68.2 Å². The maximum Gasteiger partial charge on any atom is 0.338 e. The fourth-order valence-electron chi connectivity index (χ4n) is 1.76. The lowest BCUT2D eigenvalue weighted by Crippen LogP contribution is -2.21. The molecule has 0 fully saturated rings. The van der Waals surface area contributed by atoms with E-state index in [2.05, 4.69) is 5.32 Å². The second kappa shape index (κ2) is 7.76. The Labute approximate surface area is 146 Å². The molecule has 0 bridgehead atoms. The summed E-state index contributed by atoms with van der Waals surface area (Å²) in [5.41, 5.74) is -0.0539.